The Morgan fingerprint density at radius 1 is 0.731 bits per heavy atom. The third-order valence-corrected chi connectivity index (χ3v) is 3.69. The molecule has 0 fully saturated rings. The molecule has 0 atom stereocenters. The fourth-order valence-electron chi connectivity index (χ4n) is 2.41. The van der Waals surface area contributed by atoms with Crippen LogP contribution in [0.15, 0.2) is 101 Å². The quantitative estimate of drug-likeness (QED) is 0.305. The number of carbonyl (C=O) groups is 1. The molecule has 0 aliphatic rings. The first-order chi connectivity index (χ1) is 12.8. The molecule has 0 saturated heterocycles. The minimum absolute atomic E-state index is 0.133. The summed E-state index contributed by atoms with van der Waals surface area (Å²) in [5.41, 5.74) is 4.87. The lowest BCUT2D eigenvalue weighted by molar-refractivity contribution is 0.106. The van der Waals surface area contributed by atoms with E-state index in [1.54, 1.807) is 36.4 Å². The van der Waals surface area contributed by atoms with Crippen LogP contribution >= 0.6 is 0 Å². The molecule has 128 valence electrons. The summed E-state index contributed by atoms with van der Waals surface area (Å²) in [6.45, 7) is 0. The topological polar surface area (TPSA) is 74.0 Å². The highest BCUT2D eigenvalue weighted by atomic mass is 16.4. The smallest absolute Gasteiger partial charge is 0.217 e. The van der Waals surface area contributed by atoms with Crippen molar-refractivity contribution < 1.29 is 10.0 Å². The summed E-state index contributed by atoms with van der Waals surface area (Å²) in [7, 11) is 0. The molecule has 0 unspecified atom stereocenters. The average molecular weight is 343 g/mol. The Kier molecular flexibility index (Phi) is 5.52. The van der Waals surface area contributed by atoms with Crippen molar-refractivity contribution in [2.45, 2.75) is 0 Å². The number of hydrogen-bond acceptors (Lipinski definition) is 5. The molecule has 0 heterocycles. The van der Waals surface area contributed by atoms with E-state index in [1.807, 2.05) is 54.6 Å². The van der Waals surface area contributed by atoms with E-state index in [-0.39, 0.29) is 11.4 Å². The number of benzene rings is 3. The molecular weight excluding hydrogens is 326 g/mol. The van der Waals surface area contributed by atoms with Gasteiger partial charge in [-0.2, -0.15) is 5.10 Å². The van der Waals surface area contributed by atoms with Crippen molar-refractivity contribution in [3.63, 3.8) is 0 Å². The van der Waals surface area contributed by atoms with Crippen molar-refractivity contribution >= 4 is 22.9 Å². The van der Waals surface area contributed by atoms with E-state index in [1.165, 1.54) is 0 Å². The molecule has 0 aliphatic heterocycles. The molecule has 0 aliphatic carbocycles. The number of rotatable bonds is 6. The van der Waals surface area contributed by atoms with E-state index < -0.39 is 5.78 Å². The Bertz CT molecular complexity index is 921. The van der Waals surface area contributed by atoms with Crippen LogP contribution in [0.5, 0.6) is 0 Å². The number of Topliss-reactive ketones (excluding diaryl/α,β-unsaturated/α-hetero) is 1. The van der Waals surface area contributed by atoms with Crippen molar-refractivity contribution in [3.05, 3.63) is 102 Å². The number of para-hydroxylation sites is 1. The Labute approximate surface area is 151 Å². The van der Waals surface area contributed by atoms with Crippen molar-refractivity contribution in [3.8, 4) is 0 Å². The van der Waals surface area contributed by atoms with Gasteiger partial charge in [0.1, 0.15) is 5.71 Å². The number of anilines is 1. The van der Waals surface area contributed by atoms with Crippen molar-refractivity contribution in [1.29, 1.82) is 0 Å². The Hall–Kier alpha value is -3.73. The zero-order chi connectivity index (χ0) is 18.2. The molecule has 5 heteroatoms. The van der Waals surface area contributed by atoms with E-state index in [2.05, 4.69) is 15.7 Å². The monoisotopic (exact) mass is 343 g/mol. The van der Waals surface area contributed by atoms with E-state index in [4.69, 9.17) is 0 Å². The predicted octanol–water partition coefficient (Wildman–Crippen LogP) is 4.22. The minimum atomic E-state index is -0.412. The average Bonchev–Trinajstić information content (AvgIpc) is 2.72. The molecule has 3 rings (SSSR count). The van der Waals surface area contributed by atoms with Crippen LogP contribution < -0.4 is 5.43 Å². The van der Waals surface area contributed by atoms with Gasteiger partial charge >= 0.3 is 0 Å². The highest BCUT2D eigenvalue weighted by molar-refractivity contribution is 6.73. The fourth-order valence-corrected chi connectivity index (χ4v) is 2.41. The molecule has 26 heavy (non-hydrogen) atoms. The van der Waals surface area contributed by atoms with Gasteiger partial charge in [0.15, 0.2) is 5.71 Å². The molecule has 0 spiro atoms. The first kappa shape index (κ1) is 17.1. The van der Waals surface area contributed by atoms with Crippen LogP contribution in [0.25, 0.3) is 0 Å². The number of hydrogen-bond donors (Lipinski definition) is 2. The van der Waals surface area contributed by atoms with Crippen LogP contribution in [0.1, 0.15) is 15.9 Å². The van der Waals surface area contributed by atoms with Crippen molar-refractivity contribution in [1.82, 2.24) is 0 Å². The maximum Gasteiger partial charge on any atom is 0.217 e. The zero-order valence-corrected chi connectivity index (χ0v) is 13.9. The van der Waals surface area contributed by atoms with Crippen LogP contribution in [0.2, 0.25) is 0 Å². The number of hydrazone groups is 1. The Balaban J connectivity index is 2.00. The molecule has 5 nitrogen and oxygen atoms in total. The molecule has 2 N–H and O–H groups in total. The van der Waals surface area contributed by atoms with Crippen LogP contribution in [-0.4, -0.2) is 22.4 Å². The molecule has 0 amide bonds. The Morgan fingerprint density at radius 2 is 1.23 bits per heavy atom. The maximum absolute atomic E-state index is 12.8. The lowest BCUT2D eigenvalue weighted by Gasteiger charge is -2.09. The minimum Gasteiger partial charge on any atom is -0.410 e. The summed E-state index contributed by atoms with van der Waals surface area (Å²) in [5.74, 6) is -0.412. The number of carbonyl (C=O) groups excluding carboxylic acids is 1. The van der Waals surface area contributed by atoms with Crippen LogP contribution in [0, 0.1) is 0 Å². The molecular formula is C21H17N3O2. The second-order valence-electron chi connectivity index (χ2n) is 5.45. The third kappa shape index (κ3) is 4.02. The number of nitrogens with zero attached hydrogens (tertiary/aromatic N) is 2. The molecule has 0 radical (unpaired) electrons. The van der Waals surface area contributed by atoms with Gasteiger partial charge in [0.25, 0.3) is 0 Å². The molecule has 0 saturated carbocycles. The van der Waals surface area contributed by atoms with Crippen LogP contribution in [0.4, 0.5) is 5.69 Å². The van der Waals surface area contributed by atoms with Crippen LogP contribution in [0.3, 0.4) is 0 Å². The zero-order valence-electron chi connectivity index (χ0n) is 13.9. The van der Waals surface area contributed by atoms with Gasteiger partial charge in [-0.25, -0.2) is 0 Å². The van der Waals surface area contributed by atoms with Gasteiger partial charge in [0, 0.05) is 11.1 Å². The van der Waals surface area contributed by atoms with Gasteiger partial charge in [-0.3, -0.25) is 10.2 Å². The summed E-state index contributed by atoms with van der Waals surface area (Å²) in [6, 6.07) is 27.1. The standard InChI is InChI=1S/C21H17N3O2/c25-21(17-12-6-2-7-13-17)20(24-26)19(16-10-4-1-5-11-16)23-22-18-14-8-3-9-15-18/h1-15,22,26H/b23-19-,24-20-. The highest BCUT2D eigenvalue weighted by Crippen LogP contribution is 2.11. The van der Waals surface area contributed by atoms with E-state index in [0.717, 1.165) is 5.69 Å². The van der Waals surface area contributed by atoms with Crippen molar-refractivity contribution in [2.75, 3.05) is 5.43 Å². The largest absolute Gasteiger partial charge is 0.410 e. The maximum atomic E-state index is 12.8. The van der Waals surface area contributed by atoms with E-state index in [0.29, 0.717) is 11.1 Å². The van der Waals surface area contributed by atoms with Gasteiger partial charge in [-0.1, -0.05) is 84.0 Å². The van der Waals surface area contributed by atoms with E-state index >= 15 is 0 Å². The second-order valence-corrected chi connectivity index (χ2v) is 5.45. The fraction of sp³-hybridized carbons (Fsp3) is 0. The second kappa shape index (κ2) is 8.39. The molecule has 0 aromatic heterocycles. The molecule has 0 bridgehead atoms. The van der Waals surface area contributed by atoms with E-state index in [9.17, 15) is 10.0 Å². The van der Waals surface area contributed by atoms with Crippen LogP contribution in [-0.2, 0) is 0 Å². The Morgan fingerprint density at radius 3 is 1.77 bits per heavy atom. The summed E-state index contributed by atoms with van der Waals surface area (Å²) < 4.78 is 0. The lowest BCUT2D eigenvalue weighted by Crippen LogP contribution is -2.26. The predicted molar refractivity (Wildman–Crippen MR) is 103 cm³/mol. The number of nitrogens with one attached hydrogen (secondary N) is 1. The first-order valence-electron chi connectivity index (χ1n) is 8.06. The third-order valence-electron chi connectivity index (χ3n) is 3.69. The molecule has 3 aromatic carbocycles. The normalized spacial score (nSPS) is 11.8. The van der Waals surface area contributed by atoms with Gasteiger partial charge in [-0.05, 0) is 12.1 Å². The number of oxime groups is 1. The van der Waals surface area contributed by atoms with Crippen molar-refractivity contribution in [2.24, 2.45) is 10.3 Å². The van der Waals surface area contributed by atoms with Gasteiger partial charge in [0.05, 0.1) is 5.69 Å². The summed E-state index contributed by atoms with van der Waals surface area (Å²) in [5, 5.41) is 17.1. The van der Waals surface area contributed by atoms with Gasteiger partial charge < -0.3 is 5.21 Å². The summed E-state index contributed by atoms with van der Waals surface area (Å²) in [4.78, 5) is 12.8. The number of ketones is 1. The van der Waals surface area contributed by atoms with Gasteiger partial charge in [0.2, 0.25) is 5.78 Å². The highest BCUT2D eigenvalue weighted by Gasteiger charge is 2.22. The molecule has 3 aromatic rings. The first-order valence-corrected chi connectivity index (χ1v) is 8.06. The van der Waals surface area contributed by atoms with Gasteiger partial charge in [-0.15, -0.1) is 0 Å². The summed E-state index contributed by atoms with van der Waals surface area (Å²) >= 11 is 0. The lowest BCUT2D eigenvalue weighted by atomic mass is 9.99. The summed E-state index contributed by atoms with van der Waals surface area (Å²) in [6.07, 6.45) is 0. The SMILES string of the molecule is O=C(C(=N\O)/C(=N\Nc1ccccc1)c1ccccc1)c1ccccc1.